The normalized spacial score (nSPS) is 12.8. The van der Waals surface area contributed by atoms with Crippen LogP contribution in [0.2, 0.25) is 0 Å². The number of likely N-dealkylation sites (N-methyl/N-ethyl adjacent to an activating group) is 1. The fraction of sp³-hybridized carbons (Fsp3) is 0.909. The lowest BCUT2D eigenvalue weighted by Crippen LogP contribution is -2.41. The van der Waals surface area contributed by atoms with E-state index in [1.807, 2.05) is 18.7 Å². The van der Waals surface area contributed by atoms with E-state index >= 15 is 0 Å². The Labute approximate surface area is 97.9 Å². The molecule has 0 heterocycles. The maximum absolute atomic E-state index is 11.3. The molecule has 0 saturated heterocycles. The van der Waals surface area contributed by atoms with E-state index in [0.717, 1.165) is 6.54 Å². The van der Waals surface area contributed by atoms with Gasteiger partial charge >= 0.3 is 5.97 Å². The average Bonchev–Trinajstić information content (AvgIpc) is 2.27. The van der Waals surface area contributed by atoms with Crippen LogP contribution in [0.1, 0.15) is 20.8 Å². The smallest absolute Gasteiger partial charge is 0.320 e. The van der Waals surface area contributed by atoms with Gasteiger partial charge in [-0.2, -0.15) is 0 Å². The summed E-state index contributed by atoms with van der Waals surface area (Å²) >= 11 is 0. The van der Waals surface area contributed by atoms with Gasteiger partial charge in [-0.3, -0.25) is 9.69 Å². The Morgan fingerprint density at radius 2 is 2.00 bits per heavy atom. The molecule has 0 aliphatic heterocycles. The number of hydrogen-bond donors (Lipinski definition) is 1. The molecule has 0 spiro atoms. The minimum Gasteiger partial charge on any atom is -0.465 e. The summed E-state index contributed by atoms with van der Waals surface area (Å²) in [6.45, 7) is 9.00. The van der Waals surface area contributed by atoms with Gasteiger partial charge in [-0.25, -0.2) is 0 Å². The number of esters is 1. The van der Waals surface area contributed by atoms with E-state index in [9.17, 15) is 4.79 Å². The van der Waals surface area contributed by atoms with Gasteiger partial charge in [0.05, 0.1) is 19.3 Å². The second kappa shape index (κ2) is 9.57. The summed E-state index contributed by atoms with van der Waals surface area (Å²) in [6.07, 6.45) is -0.0145. The first-order valence-electron chi connectivity index (χ1n) is 5.87. The van der Waals surface area contributed by atoms with E-state index < -0.39 is 0 Å². The van der Waals surface area contributed by atoms with E-state index in [4.69, 9.17) is 15.2 Å². The Balaban J connectivity index is 4.01. The number of carbonyl (C=O) groups is 1. The van der Waals surface area contributed by atoms with Crippen LogP contribution in [0.5, 0.6) is 0 Å². The van der Waals surface area contributed by atoms with Gasteiger partial charge in [0.1, 0.15) is 0 Å². The first-order chi connectivity index (χ1) is 7.67. The summed E-state index contributed by atoms with van der Waals surface area (Å²) in [5.74, 6) is -0.198. The summed E-state index contributed by atoms with van der Waals surface area (Å²) in [5, 5.41) is 0. The number of hydrogen-bond acceptors (Lipinski definition) is 5. The first kappa shape index (κ1) is 15.3. The van der Waals surface area contributed by atoms with Crippen LogP contribution in [0.25, 0.3) is 0 Å². The molecule has 0 amide bonds. The van der Waals surface area contributed by atoms with E-state index in [1.165, 1.54) is 0 Å². The van der Waals surface area contributed by atoms with Crippen molar-refractivity contribution in [3.05, 3.63) is 0 Å². The zero-order valence-corrected chi connectivity index (χ0v) is 10.6. The van der Waals surface area contributed by atoms with E-state index in [2.05, 4.69) is 0 Å². The van der Waals surface area contributed by atoms with Crippen molar-refractivity contribution in [1.82, 2.24) is 4.90 Å². The zero-order valence-electron chi connectivity index (χ0n) is 10.6. The molecule has 0 saturated carbocycles. The molecule has 2 N–H and O–H groups in total. The maximum atomic E-state index is 11.3. The second-order valence-electron chi connectivity index (χ2n) is 3.45. The summed E-state index contributed by atoms with van der Waals surface area (Å²) < 4.78 is 10.3. The van der Waals surface area contributed by atoms with Crippen LogP contribution in [0, 0.1) is 0 Å². The Hall–Kier alpha value is -0.650. The minimum atomic E-state index is -0.198. The zero-order chi connectivity index (χ0) is 12.4. The van der Waals surface area contributed by atoms with E-state index in [-0.39, 0.29) is 12.1 Å². The van der Waals surface area contributed by atoms with Crippen LogP contribution >= 0.6 is 0 Å². The highest BCUT2D eigenvalue weighted by atomic mass is 16.5. The lowest BCUT2D eigenvalue weighted by Gasteiger charge is -2.24. The van der Waals surface area contributed by atoms with Gasteiger partial charge in [0.2, 0.25) is 0 Å². The van der Waals surface area contributed by atoms with Crippen LogP contribution in [0.3, 0.4) is 0 Å². The molecule has 1 unspecified atom stereocenters. The van der Waals surface area contributed by atoms with Crippen molar-refractivity contribution in [3.8, 4) is 0 Å². The molecule has 5 nitrogen and oxygen atoms in total. The van der Waals surface area contributed by atoms with E-state index in [0.29, 0.717) is 32.8 Å². The Bertz CT molecular complexity index is 188. The van der Waals surface area contributed by atoms with Gasteiger partial charge in [-0.15, -0.1) is 0 Å². The highest BCUT2D eigenvalue weighted by Crippen LogP contribution is 1.97. The van der Waals surface area contributed by atoms with Crippen molar-refractivity contribution < 1.29 is 14.3 Å². The summed E-state index contributed by atoms with van der Waals surface area (Å²) in [5.41, 5.74) is 5.58. The van der Waals surface area contributed by atoms with Crippen molar-refractivity contribution in [3.63, 3.8) is 0 Å². The fourth-order valence-electron chi connectivity index (χ4n) is 1.41. The molecule has 5 heteroatoms. The highest BCUT2D eigenvalue weighted by Gasteiger charge is 2.15. The molecule has 0 aliphatic rings. The minimum absolute atomic E-state index is 0.0145. The second-order valence-corrected chi connectivity index (χ2v) is 3.45. The van der Waals surface area contributed by atoms with Crippen LogP contribution in [-0.4, -0.2) is 56.4 Å². The quantitative estimate of drug-likeness (QED) is 0.577. The molecule has 0 aromatic carbocycles. The molecule has 96 valence electrons. The lowest BCUT2D eigenvalue weighted by molar-refractivity contribution is -0.144. The average molecular weight is 232 g/mol. The van der Waals surface area contributed by atoms with Crippen LogP contribution in [-0.2, 0) is 14.3 Å². The van der Waals surface area contributed by atoms with Gasteiger partial charge in [0, 0.05) is 19.7 Å². The summed E-state index contributed by atoms with van der Waals surface area (Å²) in [7, 11) is 0. The Kier molecular flexibility index (Phi) is 9.18. The largest absolute Gasteiger partial charge is 0.465 e. The van der Waals surface area contributed by atoms with Crippen molar-refractivity contribution in [2.45, 2.75) is 26.9 Å². The predicted molar refractivity (Wildman–Crippen MR) is 63.2 cm³/mol. The number of rotatable bonds is 9. The number of nitrogens with two attached hydrogens (primary N) is 1. The standard InChI is InChI=1S/C11H24N2O3/c1-4-13(9-11(14)16-6-3)8-10(7-12)15-5-2/h10H,4-9,12H2,1-3H3. The summed E-state index contributed by atoms with van der Waals surface area (Å²) in [4.78, 5) is 13.3. The highest BCUT2D eigenvalue weighted by molar-refractivity contribution is 5.71. The number of ether oxygens (including phenoxy) is 2. The van der Waals surface area contributed by atoms with Crippen molar-refractivity contribution in [2.24, 2.45) is 5.73 Å². The van der Waals surface area contributed by atoms with E-state index in [1.54, 1.807) is 6.92 Å². The third-order valence-corrected chi connectivity index (χ3v) is 2.23. The van der Waals surface area contributed by atoms with Crippen LogP contribution in [0.4, 0.5) is 0 Å². The molecule has 0 aromatic rings. The molecule has 16 heavy (non-hydrogen) atoms. The van der Waals surface area contributed by atoms with Gasteiger partial charge in [-0.1, -0.05) is 6.92 Å². The molecule has 0 aromatic heterocycles. The van der Waals surface area contributed by atoms with Gasteiger partial charge in [0.25, 0.3) is 0 Å². The molecule has 0 rings (SSSR count). The Morgan fingerprint density at radius 1 is 1.31 bits per heavy atom. The fourth-order valence-corrected chi connectivity index (χ4v) is 1.41. The predicted octanol–water partition coefficient (Wildman–Crippen LogP) is 0.235. The molecule has 0 aliphatic carbocycles. The SMILES string of the molecule is CCOC(=O)CN(CC)CC(CN)OCC. The number of carbonyl (C=O) groups excluding carboxylic acids is 1. The molecule has 0 fully saturated rings. The van der Waals surface area contributed by atoms with Crippen molar-refractivity contribution in [2.75, 3.05) is 39.4 Å². The third-order valence-electron chi connectivity index (χ3n) is 2.23. The topological polar surface area (TPSA) is 64.8 Å². The molecule has 0 radical (unpaired) electrons. The van der Waals surface area contributed by atoms with Crippen LogP contribution < -0.4 is 5.73 Å². The molecule has 1 atom stereocenters. The third kappa shape index (κ3) is 6.76. The lowest BCUT2D eigenvalue weighted by atomic mass is 10.3. The maximum Gasteiger partial charge on any atom is 0.320 e. The van der Waals surface area contributed by atoms with Gasteiger partial charge in [0.15, 0.2) is 0 Å². The number of nitrogens with zero attached hydrogens (tertiary/aromatic N) is 1. The van der Waals surface area contributed by atoms with Crippen molar-refractivity contribution in [1.29, 1.82) is 0 Å². The van der Waals surface area contributed by atoms with Gasteiger partial charge in [-0.05, 0) is 20.4 Å². The molecular weight excluding hydrogens is 208 g/mol. The molecular formula is C11H24N2O3. The Morgan fingerprint density at radius 3 is 2.44 bits per heavy atom. The van der Waals surface area contributed by atoms with Crippen LogP contribution in [0.15, 0.2) is 0 Å². The summed E-state index contributed by atoms with van der Waals surface area (Å²) in [6, 6.07) is 0. The first-order valence-corrected chi connectivity index (χ1v) is 5.87. The monoisotopic (exact) mass is 232 g/mol. The van der Waals surface area contributed by atoms with Crippen molar-refractivity contribution >= 4 is 5.97 Å². The van der Waals surface area contributed by atoms with Gasteiger partial charge < -0.3 is 15.2 Å². The molecule has 0 bridgehead atoms.